The Bertz CT molecular complexity index is 397. The molecule has 0 spiro atoms. The Morgan fingerprint density at radius 3 is 2.65 bits per heavy atom. The van der Waals surface area contributed by atoms with Crippen molar-refractivity contribution in [2.24, 2.45) is 5.73 Å². The maximum atomic E-state index is 11.2. The molecule has 0 unspecified atom stereocenters. The Morgan fingerprint density at radius 1 is 1.29 bits per heavy atom. The average molecular weight is 232 g/mol. The molecule has 1 fully saturated rings. The van der Waals surface area contributed by atoms with Gasteiger partial charge in [-0.1, -0.05) is 12.1 Å². The van der Waals surface area contributed by atoms with E-state index in [-0.39, 0.29) is 11.8 Å². The van der Waals surface area contributed by atoms with E-state index in [1.807, 2.05) is 19.1 Å². The molecule has 0 aliphatic carbocycles. The molecule has 17 heavy (non-hydrogen) atoms. The van der Waals surface area contributed by atoms with Crippen LogP contribution in [0.1, 0.15) is 37.7 Å². The number of benzene rings is 1. The van der Waals surface area contributed by atoms with Crippen LogP contribution in [0.25, 0.3) is 0 Å². The number of hydrogen-bond donors (Lipinski definition) is 1. The molecule has 1 atom stereocenters. The second-order valence-corrected chi connectivity index (χ2v) is 4.77. The summed E-state index contributed by atoms with van der Waals surface area (Å²) >= 11 is 0. The zero-order chi connectivity index (χ0) is 12.3. The first kappa shape index (κ1) is 12.0. The number of carbonyl (C=O) groups excluding carboxylic acids is 1. The normalized spacial score (nSPS) is 17.8. The molecule has 2 rings (SSSR count). The third-order valence-corrected chi connectivity index (χ3v) is 3.52. The van der Waals surface area contributed by atoms with Crippen LogP contribution < -0.4 is 10.6 Å². The van der Waals surface area contributed by atoms with Crippen LogP contribution in [0.5, 0.6) is 0 Å². The Kier molecular flexibility index (Phi) is 3.67. The van der Waals surface area contributed by atoms with Gasteiger partial charge in [-0.05, 0) is 43.9 Å². The van der Waals surface area contributed by atoms with Crippen molar-refractivity contribution in [3.05, 3.63) is 29.8 Å². The summed E-state index contributed by atoms with van der Waals surface area (Å²) in [7, 11) is 0. The zero-order valence-electron chi connectivity index (χ0n) is 10.4. The van der Waals surface area contributed by atoms with Crippen LogP contribution in [0.4, 0.5) is 5.69 Å². The number of amides is 1. The van der Waals surface area contributed by atoms with E-state index in [2.05, 4.69) is 17.0 Å². The molecule has 3 heteroatoms. The van der Waals surface area contributed by atoms with Gasteiger partial charge < -0.3 is 10.6 Å². The van der Waals surface area contributed by atoms with Gasteiger partial charge in [-0.15, -0.1) is 0 Å². The lowest BCUT2D eigenvalue weighted by Crippen LogP contribution is -2.29. The number of rotatable bonds is 3. The minimum atomic E-state index is -0.263. The maximum Gasteiger partial charge on any atom is 0.224 e. The van der Waals surface area contributed by atoms with E-state index in [0.29, 0.717) is 0 Å². The Balaban J connectivity index is 2.18. The molecule has 0 bridgehead atoms. The topological polar surface area (TPSA) is 46.3 Å². The van der Waals surface area contributed by atoms with E-state index in [0.717, 1.165) is 18.7 Å². The van der Waals surface area contributed by atoms with E-state index >= 15 is 0 Å². The van der Waals surface area contributed by atoms with Gasteiger partial charge in [0.25, 0.3) is 0 Å². The lowest BCUT2D eigenvalue weighted by molar-refractivity contribution is -0.119. The molecule has 0 saturated carbocycles. The molecule has 1 amide bonds. The predicted octanol–water partition coefficient (Wildman–Crippen LogP) is 2.27. The van der Waals surface area contributed by atoms with Gasteiger partial charge in [0.1, 0.15) is 0 Å². The summed E-state index contributed by atoms with van der Waals surface area (Å²) in [4.78, 5) is 13.6. The Hall–Kier alpha value is -1.51. The molecule has 1 aliphatic rings. The van der Waals surface area contributed by atoms with Crippen molar-refractivity contribution in [1.82, 2.24) is 0 Å². The third kappa shape index (κ3) is 2.78. The van der Waals surface area contributed by atoms with E-state index in [1.54, 1.807) is 0 Å². The molecule has 0 aromatic heterocycles. The first-order valence-corrected chi connectivity index (χ1v) is 6.32. The van der Waals surface area contributed by atoms with Crippen LogP contribution in [0.15, 0.2) is 24.3 Å². The SMILES string of the molecule is C[C@@H](C(N)=O)c1cccc(N2CCCCC2)c1. The first-order chi connectivity index (χ1) is 8.18. The highest BCUT2D eigenvalue weighted by Crippen LogP contribution is 2.24. The predicted molar refractivity (Wildman–Crippen MR) is 70.1 cm³/mol. The van der Waals surface area contributed by atoms with Gasteiger partial charge >= 0.3 is 0 Å². The van der Waals surface area contributed by atoms with Crippen molar-refractivity contribution in [3.8, 4) is 0 Å². The quantitative estimate of drug-likeness (QED) is 0.869. The molecule has 3 nitrogen and oxygen atoms in total. The molecule has 1 saturated heterocycles. The van der Waals surface area contributed by atoms with Crippen LogP contribution in [0.2, 0.25) is 0 Å². The van der Waals surface area contributed by atoms with Gasteiger partial charge in [0.05, 0.1) is 5.92 Å². The summed E-state index contributed by atoms with van der Waals surface area (Å²) in [6, 6.07) is 8.20. The van der Waals surface area contributed by atoms with Crippen LogP contribution in [0, 0.1) is 0 Å². The number of carbonyl (C=O) groups is 1. The number of nitrogens with two attached hydrogens (primary N) is 1. The number of piperidine rings is 1. The molecule has 1 aromatic carbocycles. The van der Waals surface area contributed by atoms with E-state index in [1.165, 1.54) is 24.9 Å². The van der Waals surface area contributed by atoms with Crippen molar-refractivity contribution in [2.75, 3.05) is 18.0 Å². The molecule has 1 aliphatic heterocycles. The van der Waals surface area contributed by atoms with Crippen molar-refractivity contribution >= 4 is 11.6 Å². The maximum absolute atomic E-state index is 11.2. The summed E-state index contributed by atoms with van der Waals surface area (Å²) in [5.74, 6) is -0.472. The summed E-state index contributed by atoms with van der Waals surface area (Å²) in [5, 5.41) is 0. The Morgan fingerprint density at radius 2 is 2.00 bits per heavy atom. The van der Waals surface area contributed by atoms with Crippen molar-refractivity contribution in [1.29, 1.82) is 0 Å². The van der Waals surface area contributed by atoms with Crippen LogP contribution >= 0.6 is 0 Å². The van der Waals surface area contributed by atoms with Gasteiger partial charge in [-0.3, -0.25) is 4.79 Å². The van der Waals surface area contributed by atoms with Crippen LogP contribution in [-0.4, -0.2) is 19.0 Å². The molecular formula is C14H20N2O. The molecule has 92 valence electrons. The Labute approximate surface area is 103 Å². The van der Waals surface area contributed by atoms with Gasteiger partial charge in [0, 0.05) is 18.8 Å². The van der Waals surface area contributed by atoms with Crippen LogP contribution in [-0.2, 0) is 4.79 Å². The average Bonchev–Trinajstić information content (AvgIpc) is 2.39. The number of nitrogens with zero attached hydrogens (tertiary/aromatic N) is 1. The fourth-order valence-corrected chi connectivity index (χ4v) is 2.31. The minimum absolute atomic E-state index is 0.209. The number of primary amides is 1. The van der Waals surface area contributed by atoms with Crippen LogP contribution in [0.3, 0.4) is 0 Å². The highest BCUT2D eigenvalue weighted by atomic mass is 16.1. The fourth-order valence-electron chi connectivity index (χ4n) is 2.31. The number of anilines is 1. The van der Waals surface area contributed by atoms with Crippen molar-refractivity contribution < 1.29 is 4.79 Å². The van der Waals surface area contributed by atoms with Gasteiger partial charge in [-0.25, -0.2) is 0 Å². The molecule has 2 N–H and O–H groups in total. The van der Waals surface area contributed by atoms with E-state index in [4.69, 9.17) is 5.73 Å². The molecular weight excluding hydrogens is 212 g/mol. The largest absolute Gasteiger partial charge is 0.372 e. The number of hydrogen-bond acceptors (Lipinski definition) is 2. The summed E-state index contributed by atoms with van der Waals surface area (Å²) in [6.07, 6.45) is 3.85. The van der Waals surface area contributed by atoms with Crippen molar-refractivity contribution in [3.63, 3.8) is 0 Å². The monoisotopic (exact) mass is 232 g/mol. The third-order valence-electron chi connectivity index (χ3n) is 3.52. The molecule has 0 radical (unpaired) electrons. The fraction of sp³-hybridized carbons (Fsp3) is 0.500. The zero-order valence-corrected chi connectivity index (χ0v) is 10.4. The molecule has 1 heterocycles. The van der Waals surface area contributed by atoms with E-state index < -0.39 is 0 Å². The lowest BCUT2D eigenvalue weighted by atomic mass is 9.99. The van der Waals surface area contributed by atoms with E-state index in [9.17, 15) is 4.79 Å². The smallest absolute Gasteiger partial charge is 0.224 e. The molecule has 1 aromatic rings. The van der Waals surface area contributed by atoms with Crippen molar-refractivity contribution in [2.45, 2.75) is 32.1 Å². The standard InChI is InChI=1S/C14H20N2O/c1-11(14(15)17)12-6-5-7-13(10-12)16-8-3-2-4-9-16/h5-7,10-11H,2-4,8-9H2,1H3,(H2,15,17)/t11-/m1/s1. The second kappa shape index (κ2) is 5.21. The minimum Gasteiger partial charge on any atom is -0.372 e. The highest BCUT2D eigenvalue weighted by Gasteiger charge is 2.15. The second-order valence-electron chi connectivity index (χ2n) is 4.77. The highest BCUT2D eigenvalue weighted by molar-refractivity contribution is 5.81. The lowest BCUT2D eigenvalue weighted by Gasteiger charge is -2.29. The summed E-state index contributed by atoms with van der Waals surface area (Å²) in [6.45, 7) is 4.10. The first-order valence-electron chi connectivity index (χ1n) is 6.32. The van der Waals surface area contributed by atoms with Gasteiger partial charge in [0.2, 0.25) is 5.91 Å². The summed E-state index contributed by atoms with van der Waals surface area (Å²) in [5.41, 5.74) is 7.58. The van der Waals surface area contributed by atoms with Gasteiger partial charge in [0.15, 0.2) is 0 Å². The van der Waals surface area contributed by atoms with Gasteiger partial charge in [-0.2, -0.15) is 0 Å². The summed E-state index contributed by atoms with van der Waals surface area (Å²) < 4.78 is 0.